The van der Waals surface area contributed by atoms with E-state index in [0.29, 0.717) is 35.3 Å². The summed E-state index contributed by atoms with van der Waals surface area (Å²) in [4.78, 5) is 29.5. The number of nitrogens with one attached hydrogen (secondary N) is 2. The SMILES string of the molecule is C=Cc1c(C)c2cc3nc(c4c5nc(cc6[nH]c(cc1[nH]2)c(C)c6CC)c(C)c-5c(O)n(Cc1cc(C(F)(F)F)cc(C(F)(F)F)c1)c4O)[C@@H](CCC(=O)OC)[C@@H]3C. The van der Waals surface area contributed by atoms with E-state index in [-0.39, 0.29) is 47.2 Å². The highest BCUT2D eigenvalue weighted by atomic mass is 19.4. The van der Waals surface area contributed by atoms with Crippen molar-refractivity contribution in [2.75, 3.05) is 7.11 Å². The summed E-state index contributed by atoms with van der Waals surface area (Å²) in [6.07, 6.45) is -7.70. The summed E-state index contributed by atoms with van der Waals surface area (Å²) in [5.74, 6) is -2.76. The van der Waals surface area contributed by atoms with Crippen molar-refractivity contribution in [3.05, 3.63) is 98.9 Å². The molecule has 4 aromatic rings. The van der Waals surface area contributed by atoms with Gasteiger partial charge in [0.25, 0.3) is 0 Å². The summed E-state index contributed by atoms with van der Waals surface area (Å²) >= 11 is 0. The zero-order chi connectivity index (χ0) is 42.2. The quantitative estimate of drug-likeness (QED) is 0.0939. The molecule has 4 N–H and O–H groups in total. The molecular weight excluding hydrogens is 764 g/mol. The molecule has 6 heterocycles. The van der Waals surface area contributed by atoms with Crippen LogP contribution in [0.4, 0.5) is 26.3 Å². The Morgan fingerprint density at radius 2 is 1.52 bits per heavy atom. The van der Waals surface area contributed by atoms with Crippen LogP contribution < -0.4 is 0 Å². The smallest absolute Gasteiger partial charge is 0.416 e. The highest BCUT2D eigenvalue weighted by Gasteiger charge is 2.38. The van der Waals surface area contributed by atoms with Gasteiger partial charge in [0, 0.05) is 51.6 Å². The maximum Gasteiger partial charge on any atom is 0.416 e. The summed E-state index contributed by atoms with van der Waals surface area (Å²) in [5, 5.41) is 24.2. The number of carbonyl (C=O) groups is 1. The molecule has 9 nitrogen and oxygen atoms in total. The average molecular weight is 806 g/mol. The predicted octanol–water partition coefficient (Wildman–Crippen LogP) is 11.0. The zero-order valence-electron chi connectivity index (χ0n) is 32.6. The molecule has 15 heteroatoms. The highest BCUT2D eigenvalue weighted by molar-refractivity contribution is 5.96. The standard InChI is InChI=1S/C43H41F6N5O4/c1-8-26-19(3)29-15-31-21(5)28(10-11-35(55)58-7)38(52-31)37-39-36(22(6)32(53-39)17-34-27(9-2)20(4)30(51-34)16-33(26)50-29)40(56)54(41(37)57)18-23-12-24(42(44,45)46)14-25(13-23)43(47,48)49/h8,12-17,21,28,50-51,56-57H,1,9-11,18H2,2-7H3/t21-,28-/m0/s1. The molecule has 3 aliphatic heterocycles. The average Bonchev–Trinajstić information content (AvgIpc) is 3.84. The van der Waals surface area contributed by atoms with Crippen LogP contribution in [-0.2, 0) is 34.8 Å². The Morgan fingerprint density at radius 3 is 2.12 bits per heavy atom. The van der Waals surface area contributed by atoms with Crippen molar-refractivity contribution in [1.29, 1.82) is 0 Å². The lowest BCUT2D eigenvalue weighted by Crippen LogP contribution is -2.13. The Morgan fingerprint density at radius 1 is 0.879 bits per heavy atom. The molecule has 0 saturated carbocycles. The van der Waals surface area contributed by atoms with Crippen molar-refractivity contribution >= 4 is 45.0 Å². The third-order valence-corrected chi connectivity index (χ3v) is 11.5. The lowest BCUT2D eigenvalue weighted by molar-refractivity contribution is -0.143. The van der Waals surface area contributed by atoms with Gasteiger partial charge in [-0.05, 0) is 97.8 Å². The number of aromatic hydroxyl groups is 2. The Labute approximate surface area is 328 Å². The van der Waals surface area contributed by atoms with E-state index in [0.717, 1.165) is 48.9 Å². The van der Waals surface area contributed by atoms with Crippen molar-refractivity contribution in [3.63, 3.8) is 0 Å². The second-order valence-corrected chi connectivity index (χ2v) is 14.8. The number of rotatable bonds is 7. The van der Waals surface area contributed by atoms with E-state index in [1.807, 2.05) is 39.8 Å². The lowest BCUT2D eigenvalue weighted by Gasteiger charge is -2.21. The number of aryl methyl sites for hydroxylation is 4. The highest BCUT2D eigenvalue weighted by Crippen LogP contribution is 2.50. The number of halogens is 6. The number of H-pyrrole nitrogens is 2. The van der Waals surface area contributed by atoms with Crippen LogP contribution in [0.15, 0.2) is 43.0 Å². The maximum absolute atomic E-state index is 14.0. The van der Waals surface area contributed by atoms with Crippen LogP contribution in [0.3, 0.4) is 0 Å². The van der Waals surface area contributed by atoms with E-state index in [1.165, 1.54) is 7.11 Å². The number of aromatic nitrogens is 5. The van der Waals surface area contributed by atoms with E-state index in [9.17, 15) is 41.4 Å². The molecule has 0 amide bonds. The van der Waals surface area contributed by atoms with Gasteiger partial charge in [-0.1, -0.05) is 26.5 Å². The Bertz CT molecular complexity index is 2710. The minimum absolute atomic E-state index is 0.0128. The van der Waals surface area contributed by atoms with Crippen molar-refractivity contribution in [2.45, 2.75) is 84.6 Å². The molecule has 0 unspecified atom stereocenters. The molecular formula is C43H41F6N5O4. The normalized spacial score (nSPS) is 15.4. The third-order valence-electron chi connectivity index (χ3n) is 11.5. The van der Waals surface area contributed by atoms with Gasteiger partial charge in [-0.3, -0.25) is 14.3 Å². The second-order valence-electron chi connectivity index (χ2n) is 14.8. The van der Waals surface area contributed by atoms with Gasteiger partial charge in [-0.2, -0.15) is 26.3 Å². The Hall–Kier alpha value is -5.99. The molecule has 304 valence electrons. The monoisotopic (exact) mass is 805 g/mol. The Balaban J connectivity index is 1.66. The molecule has 0 radical (unpaired) electrons. The number of carbonyl (C=O) groups excluding carboxylic acids is 1. The lowest BCUT2D eigenvalue weighted by atomic mass is 9.85. The van der Waals surface area contributed by atoms with Crippen LogP contribution in [0.1, 0.15) is 94.4 Å². The van der Waals surface area contributed by atoms with Crippen molar-refractivity contribution < 1.29 is 46.1 Å². The van der Waals surface area contributed by atoms with E-state index in [1.54, 1.807) is 19.1 Å². The van der Waals surface area contributed by atoms with Crippen LogP contribution in [-0.4, -0.2) is 47.8 Å². The molecule has 8 bridgehead atoms. The van der Waals surface area contributed by atoms with Crippen LogP contribution in [0.25, 0.3) is 50.3 Å². The zero-order valence-corrected chi connectivity index (χ0v) is 32.6. The van der Waals surface area contributed by atoms with Crippen LogP contribution in [0.2, 0.25) is 0 Å². The molecule has 2 atom stereocenters. The molecule has 1 aromatic carbocycles. The van der Waals surface area contributed by atoms with Gasteiger partial charge in [-0.15, -0.1) is 0 Å². The summed E-state index contributed by atoms with van der Waals surface area (Å²) in [6.45, 7) is 12.8. The number of methoxy groups -OCH3 is 1. The number of nitrogens with zero attached hydrogens (tertiary/aromatic N) is 3. The largest absolute Gasteiger partial charge is 0.494 e. The van der Waals surface area contributed by atoms with Gasteiger partial charge < -0.3 is 24.9 Å². The van der Waals surface area contributed by atoms with Crippen LogP contribution in [0, 0.1) is 20.8 Å². The minimum Gasteiger partial charge on any atom is -0.494 e. The molecule has 7 rings (SSSR count). The molecule has 58 heavy (non-hydrogen) atoms. The summed E-state index contributed by atoms with van der Waals surface area (Å²) in [6, 6.07) is 6.79. The number of fused-ring (bicyclic) bond motifs is 8. The van der Waals surface area contributed by atoms with Gasteiger partial charge >= 0.3 is 18.3 Å². The molecule has 0 fully saturated rings. The van der Waals surface area contributed by atoms with Gasteiger partial charge in [0.15, 0.2) is 0 Å². The summed E-state index contributed by atoms with van der Waals surface area (Å²) in [7, 11) is 1.26. The Kier molecular flexibility index (Phi) is 10.0. The fraction of sp³-hybridized carbons (Fsp3) is 0.326. The van der Waals surface area contributed by atoms with Crippen molar-refractivity contribution in [3.8, 4) is 23.0 Å². The molecule has 3 aromatic heterocycles. The topological polar surface area (TPSA) is 129 Å². The molecule has 0 spiro atoms. The molecule has 0 saturated heterocycles. The van der Waals surface area contributed by atoms with E-state index < -0.39 is 59.2 Å². The number of hydrogen-bond donors (Lipinski definition) is 4. The van der Waals surface area contributed by atoms with E-state index in [2.05, 4.69) is 16.5 Å². The first kappa shape index (κ1) is 40.2. The summed E-state index contributed by atoms with van der Waals surface area (Å²) in [5.41, 5.74) is 5.08. The first-order chi connectivity index (χ1) is 27.3. The number of pyridine rings is 1. The molecule has 0 aliphatic carbocycles. The minimum atomic E-state index is -5.13. The van der Waals surface area contributed by atoms with Gasteiger partial charge in [0.1, 0.15) is 0 Å². The first-order valence-corrected chi connectivity index (χ1v) is 18.6. The van der Waals surface area contributed by atoms with Crippen LogP contribution in [0.5, 0.6) is 11.8 Å². The van der Waals surface area contributed by atoms with Gasteiger partial charge in [-0.25, -0.2) is 4.98 Å². The van der Waals surface area contributed by atoms with Crippen molar-refractivity contribution in [2.24, 2.45) is 0 Å². The number of aromatic amines is 2. The second kappa shape index (κ2) is 14.4. The molecule has 3 aliphatic rings. The van der Waals surface area contributed by atoms with Gasteiger partial charge in [0.2, 0.25) is 11.8 Å². The summed E-state index contributed by atoms with van der Waals surface area (Å²) < 4.78 is 89.5. The first-order valence-electron chi connectivity index (χ1n) is 18.6. The van der Waals surface area contributed by atoms with Crippen molar-refractivity contribution in [1.82, 2.24) is 24.5 Å². The predicted molar refractivity (Wildman–Crippen MR) is 209 cm³/mol. The van der Waals surface area contributed by atoms with Crippen LogP contribution >= 0.6 is 0 Å². The number of benzene rings is 1. The fourth-order valence-corrected chi connectivity index (χ4v) is 8.26. The fourth-order valence-electron chi connectivity index (χ4n) is 8.26. The van der Waals surface area contributed by atoms with Gasteiger partial charge in [0.05, 0.1) is 52.6 Å². The number of esters is 1. The third kappa shape index (κ3) is 6.79. The number of hydrogen-bond acceptors (Lipinski definition) is 6. The maximum atomic E-state index is 14.0. The number of ether oxygens (including phenoxy) is 1. The van der Waals surface area contributed by atoms with E-state index >= 15 is 0 Å². The van der Waals surface area contributed by atoms with E-state index in [4.69, 9.17) is 14.7 Å². The number of alkyl halides is 6.